The number of ketones is 1. The van der Waals surface area contributed by atoms with Gasteiger partial charge in [0.15, 0.2) is 5.76 Å². The second-order valence-electron chi connectivity index (χ2n) is 3.03. The maximum Gasteiger partial charge on any atom is 0.228 e. The quantitative estimate of drug-likeness (QED) is 0.772. The molecular formula is C10H9BrO2S. The lowest BCUT2D eigenvalue weighted by molar-refractivity contribution is 0.0899. The largest absolute Gasteiger partial charge is 0.490 e. The number of allylic oxidation sites excluding steroid dienone is 2. The summed E-state index contributed by atoms with van der Waals surface area (Å²) < 4.78 is 6.27. The van der Waals surface area contributed by atoms with Crippen LogP contribution in [0.4, 0.5) is 0 Å². The maximum absolute atomic E-state index is 11.8. The molecule has 2 rings (SSSR count). The normalized spacial score (nSPS) is 15.9. The van der Waals surface area contributed by atoms with Gasteiger partial charge in [-0.25, -0.2) is 0 Å². The molecule has 14 heavy (non-hydrogen) atoms. The van der Waals surface area contributed by atoms with Crippen LogP contribution in [0.2, 0.25) is 0 Å². The van der Waals surface area contributed by atoms with E-state index in [1.807, 2.05) is 17.5 Å². The molecule has 1 aromatic heterocycles. The SMILES string of the molecule is O=C(C1=CCCCO1)c1csc(Br)c1. The van der Waals surface area contributed by atoms with Crippen LogP contribution < -0.4 is 0 Å². The lowest BCUT2D eigenvalue weighted by atomic mass is 10.1. The van der Waals surface area contributed by atoms with Gasteiger partial charge < -0.3 is 4.74 Å². The molecule has 2 heterocycles. The van der Waals surface area contributed by atoms with Crippen LogP contribution in [0, 0.1) is 0 Å². The van der Waals surface area contributed by atoms with Crippen LogP contribution in [0.5, 0.6) is 0 Å². The van der Waals surface area contributed by atoms with Gasteiger partial charge in [-0.1, -0.05) is 0 Å². The highest BCUT2D eigenvalue weighted by Crippen LogP contribution is 2.24. The average molecular weight is 273 g/mol. The summed E-state index contributed by atoms with van der Waals surface area (Å²) in [6.45, 7) is 0.656. The maximum atomic E-state index is 11.8. The summed E-state index contributed by atoms with van der Waals surface area (Å²) in [6, 6.07) is 1.83. The van der Waals surface area contributed by atoms with E-state index in [1.165, 1.54) is 11.3 Å². The van der Waals surface area contributed by atoms with Crippen molar-refractivity contribution in [1.82, 2.24) is 0 Å². The van der Waals surface area contributed by atoms with Gasteiger partial charge in [0.1, 0.15) is 0 Å². The Labute approximate surface area is 94.7 Å². The molecule has 0 aliphatic carbocycles. The number of hydrogen-bond acceptors (Lipinski definition) is 3. The van der Waals surface area contributed by atoms with Crippen molar-refractivity contribution < 1.29 is 9.53 Å². The standard InChI is InChI=1S/C10H9BrO2S/c11-9-5-7(6-14-9)10(12)8-3-1-2-4-13-8/h3,5-6H,1-2,4H2. The Morgan fingerprint density at radius 3 is 3.00 bits per heavy atom. The summed E-state index contributed by atoms with van der Waals surface area (Å²) in [7, 11) is 0. The third-order valence-corrected chi connectivity index (χ3v) is 3.49. The molecular weight excluding hydrogens is 264 g/mol. The van der Waals surface area contributed by atoms with Crippen molar-refractivity contribution in [3.63, 3.8) is 0 Å². The van der Waals surface area contributed by atoms with Crippen molar-refractivity contribution in [2.24, 2.45) is 0 Å². The van der Waals surface area contributed by atoms with Crippen molar-refractivity contribution in [2.45, 2.75) is 12.8 Å². The number of carbonyl (C=O) groups excluding carboxylic acids is 1. The Kier molecular flexibility index (Phi) is 3.03. The molecule has 1 aromatic rings. The monoisotopic (exact) mass is 272 g/mol. The molecule has 1 aliphatic heterocycles. The van der Waals surface area contributed by atoms with E-state index in [2.05, 4.69) is 15.9 Å². The van der Waals surface area contributed by atoms with Crippen LogP contribution in [-0.2, 0) is 4.74 Å². The summed E-state index contributed by atoms with van der Waals surface area (Å²) in [4.78, 5) is 11.8. The van der Waals surface area contributed by atoms with Gasteiger partial charge in [-0.15, -0.1) is 11.3 Å². The Morgan fingerprint density at radius 2 is 2.43 bits per heavy atom. The van der Waals surface area contributed by atoms with Crippen LogP contribution in [0.3, 0.4) is 0 Å². The smallest absolute Gasteiger partial charge is 0.228 e. The summed E-state index contributed by atoms with van der Waals surface area (Å²) in [6.07, 6.45) is 3.81. The zero-order chi connectivity index (χ0) is 9.97. The first-order chi connectivity index (χ1) is 6.77. The minimum atomic E-state index is -0.00773. The lowest BCUT2D eigenvalue weighted by Gasteiger charge is -2.12. The molecule has 0 spiro atoms. The molecule has 2 nitrogen and oxygen atoms in total. The van der Waals surface area contributed by atoms with E-state index in [4.69, 9.17) is 4.74 Å². The Balaban J connectivity index is 2.19. The molecule has 0 aromatic carbocycles. The average Bonchev–Trinajstić information content (AvgIpc) is 2.65. The highest BCUT2D eigenvalue weighted by Gasteiger charge is 2.16. The van der Waals surface area contributed by atoms with Crippen LogP contribution in [0.15, 0.2) is 27.1 Å². The second-order valence-corrected chi connectivity index (χ2v) is 5.32. The zero-order valence-electron chi connectivity index (χ0n) is 7.46. The van der Waals surface area contributed by atoms with Crippen molar-refractivity contribution >= 4 is 33.0 Å². The molecule has 0 saturated carbocycles. The van der Waals surface area contributed by atoms with Gasteiger partial charge in [-0.2, -0.15) is 0 Å². The van der Waals surface area contributed by atoms with Crippen LogP contribution in [0.25, 0.3) is 0 Å². The first kappa shape index (κ1) is 9.93. The first-order valence-electron chi connectivity index (χ1n) is 4.39. The summed E-state index contributed by atoms with van der Waals surface area (Å²) >= 11 is 4.84. The molecule has 0 bridgehead atoms. The Hall–Kier alpha value is -0.610. The minimum absolute atomic E-state index is 0.00773. The van der Waals surface area contributed by atoms with E-state index in [0.717, 1.165) is 16.6 Å². The number of carbonyl (C=O) groups is 1. The van der Waals surface area contributed by atoms with Gasteiger partial charge in [0, 0.05) is 10.9 Å². The van der Waals surface area contributed by atoms with Crippen molar-refractivity contribution in [3.8, 4) is 0 Å². The van der Waals surface area contributed by atoms with Crippen molar-refractivity contribution in [2.75, 3.05) is 6.61 Å². The summed E-state index contributed by atoms with van der Waals surface area (Å²) in [5.41, 5.74) is 0.704. The topological polar surface area (TPSA) is 26.3 Å². The summed E-state index contributed by atoms with van der Waals surface area (Å²) in [5, 5.41) is 1.84. The van der Waals surface area contributed by atoms with Gasteiger partial charge in [0.05, 0.1) is 10.4 Å². The number of Topliss-reactive ketones (excluding diaryl/α,β-unsaturated/α-hetero) is 1. The van der Waals surface area contributed by atoms with Crippen LogP contribution >= 0.6 is 27.3 Å². The third kappa shape index (κ3) is 2.07. The highest BCUT2D eigenvalue weighted by atomic mass is 79.9. The van der Waals surface area contributed by atoms with Crippen molar-refractivity contribution in [1.29, 1.82) is 0 Å². The van der Waals surface area contributed by atoms with E-state index < -0.39 is 0 Å². The number of thiophene rings is 1. The number of ether oxygens (including phenoxy) is 1. The molecule has 0 saturated heterocycles. The fourth-order valence-electron chi connectivity index (χ4n) is 1.29. The molecule has 0 unspecified atom stereocenters. The van der Waals surface area contributed by atoms with Gasteiger partial charge in [-0.05, 0) is 40.9 Å². The highest BCUT2D eigenvalue weighted by molar-refractivity contribution is 9.11. The van der Waals surface area contributed by atoms with E-state index in [9.17, 15) is 4.79 Å². The fourth-order valence-corrected chi connectivity index (χ4v) is 2.42. The zero-order valence-corrected chi connectivity index (χ0v) is 9.86. The van der Waals surface area contributed by atoms with Gasteiger partial charge in [0.2, 0.25) is 5.78 Å². The second kappa shape index (κ2) is 4.28. The summed E-state index contributed by atoms with van der Waals surface area (Å²) in [5.74, 6) is 0.494. The number of hydrogen-bond donors (Lipinski definition) is 0. The van der Waals surface area contributed by atoms with Crippen LogP contribution in [-0.4, -0.2) is 12.4 Å². The molecule has 0 fully saturated rings. The van der Waals surface area contributed by atoms with Gasteiger partial charge in [0.25, 0.3) is 0 Å². The predicted octanol–water partition coefficient (Wildman–Crippen LogP) is 3.39. The molecule has 74 valence electrons. The predicted molar refractivity (Wildman–Crippen MR) is 59.6 cm³/mol. The fraction of sp³-hybridized carbons (Fsp3) is 0.300. The molecule has 0 atom stereocenters. The lowest BCUT2D eigenvalue weighted by Crippen LogP contribution is -2.10. The third-order valence-electron chi connectivity index (χ3n) is 1.99. The van der Waals surface area contributed by atoms with E-state index >= 15 is 0 Å². The molecule has 0 radical (unpaired) electrons. The first-order valence-corrected chi connectivity index (χ1v) is 6.06. The van der Waals surface area contributed by atoms with E-state index in [0.29, 0.717) is 17.9 Å². The Bertz CT molecular complexity index is 381. The number of halogens is 1. The Morgan fingerprint density at radius 1 is 1.57 bits per heavy atom. The van der Waals surface area contributed by atoms with E-state index in [-0.39, 0.29) is 5.78 Å². The van der Waals surface area contributed by atoms with Crippen molar-refractivity contribution in [3.05, 3.63) is 32.6 Å². The van der Waals surface area contributed by atoms with Gasteiger partial charge >= 0.3 is 0 Å². The molecule has 4 heteroatoms. The van der Waals surface area contributed by atoms with Crippen LogP contribution in [0.1, 0.15) is 23.2 Å². The minimum Gasteiger partial charge on any atom is -0.490 e. The molecule has 1 aliphatic rings. The number of rotatable bonds is 2. The van der Waals surface area contributed by atoms with Gasteiger partial charge in [-0.3, -0.25) is 4.79 Å². The van der Waals surface area contributed by atoms with E-state index in [1.54, 1.807) is 0 Å². The molecule has 0 N–H and O–H groups in total. The molecule has 0 amide bonds.